The third-order valence-corrected chi connectivity index (χ3v) is 5.33. The van der Waals surface area contributed by atoms with E-state index in [2.05, 4.69) is 8.80 Å². The van der Waals surface area contributed by atoms with Crippen LogP contribution in [-0.4, -0.2) is 21.8 Å². The van der Waals surface area contributed by atoms with Crippen LogP contribution in [0.4, 0.5) is 5.69 Å². The second-order valence-corrected chi connectivity index (χ2v) is 6.64. The predicted molar refractivity (Wildman–Crippen MR) is 99.2 cm³/mol. The molecule has 0 unspecified atom stereocenters. The number of primary amides is 1. The highest BCUT2D eigenvalue weighted by molar-refractivity contribution is 6.19. The molecule has 130 valence electrons. The minimum absolute atomic E-state index is 0.309. The number of fused-ring (bicyclic) bond motifs is 3. The minimum Gasteiger partial charge on any atom is -0.496 e. The van der Waals surface area contributed by atoms with Gasteiger partial charge in [-0.05, 0) is 26.0 Å². The molecule has 0 saturated heterocycles. The molecule has 7 heteroatoms. The smallest absolute Gasteiger partial charge is 0.316 e. The predicted octanol–water partition coefficient (Wildman–Crippen LogP) is 1.83. The lowest BCUT2D eigenvalue weighted by Gasteiger charge is -2.11. The molecule has 0 bridgehead atoms. The van der Waals surface area contributed by atoms with Gasteiger partial charge in [0.2, 0.25) is 0 Å². The molecule has 0 saturated carbocycles. The Bertz CT molecular complexity index is 1380. The van der Waals surface area contributed by atoms with E-state index in [0.29, 0.717) is 11.4 Å². The third-order valence-electron chi connectivity index (χ3n) is 5.33. The highest BCUT2D eigenvalue weighted by Gasteiger charge is 2.33. The molecule has 4 aromatic heterocycles. The van der Waals surface area contributed by atoms with Gasteiger partial charge in [0.05, 0.1) is 23.7 Å². The van der Waals surface area contributed by atoms with Crippen molar-refractivity contribution in [1.29, 1.82) is 0 Å². The average Bonchev–Trinajstić information content (AvgIpc) is 3.15. The third kappa shape index (κ3) is 1.49. The number of carbonyl (C=O) groups is 1. The zero-order valence-corrected chi connectivity index (χ0v) is 14.7. The van der Waals surface area contributed by atoms with Gasteiger partial charge in [-0.3, -0.25) is 13.6 Å². The number of aromatic nitrogens is 3. The Morgan fingerprint density at radius 1 is 1.15 bits per heavy atom. The Balaban J connectivity index is 2.24. The number of nitrogen functional groups attached to an aromatic ring is 1. The Morgan fingerprint density at radius 3 is 2.58 bits per heavy atom. The quantitative estimate of drug-likeness (QED) is 0.377. The number of amides is 1. The molecular formula is C19H18N5O2+. The molecule has 1 aromatic carbocycles. The van der Waals surface area contributed by atoms with Crippen LogP contribution in [0.3, 0.4) is 0 Å². The number of hydrogen-bond acceptors (Lipinski definition) is 3. The van der Waals surface area contributed by atoms with Crippen molar-refractivity contribution in [2.45, 2.75) is 13.8 Å². The number of anilines is 1. The Morgan fingerprint density at radius 2 is 1.88 bits per heavy atom. The molecular weight excluding hydrogens is 330 g/mol. The first-order chi connectivity index (χ1) is 12.5. The van der Waals surface area contributed by atoms with Crippen molar-refractivity contribution in [1.82, 2.24) is 8.80 Å². The molecule has 5 aromatic rings. The summed E-state index contributed by atoms with van der Waals surface area (Å²) in [7, 11) is 1.64. The van der Waals surface area contributed by atoms with Gasteiger partial charge in [-0.15, -0.1) is 4.40 Å². The number of hydrogen-bond donors (Lipinski definition) is 2. The molecule has 0 atom stereocenters. The van der Waals surface area contributed by atoms with Crippen molar-refractivity contribution < 1.29 is 13.9 Å². The molecule has 0 fully saturated rings. The highest BCUT2D eigenvalue weighted by Crippen LogP contribution is 2.39. The van der Waals surface area contributed by atoms with E-state index in [-0.39, 0.29) is 0 Å². The monoisotopic (exact) mass is 348 g/mol. The van der Waals surface area contributed by atoms with Crippen molar-refractivity contribution in [3.63, 3.8) is 0 Å². The van der Waals surface area contributed by atoms with E-state index in [0.717, 1.165) is 44.5 Å². The molecule has 4 N–H and O–H groups in total. The topological polar surface area (TPSA) is 91.3 Å². The minimum atomic E-state index is -0.547. The lowest BCUT2D eigenvalue weighted by Crippen LogP contribution is -2.33. The van der Waals surface area contributed by atoms with Gasteiger partial charge >= 0.3 is 5.91 Å². The second-order valence-electron chi connectivity index (χ2n) is 6.64. The van der Waals surface area contributed by atoms with Gasteiger partial charge in [0.15, 0.2) is 11.8 Å². The lowest BCUT2D eigenvalue weighted by molar-refractivity contribution is -0.510. The van der Waals surface area contributed by atoms with E-state index < -0.39 is 5.91 Å². The molecule has 0 aliphatic rings. The van der Waals surface area contributed by atoms with Crippen LogP contribution in [0.15, 0.2) is 30.7 Å². The van der Waals surface area contributed by atoms with E-state index in [1.807, 2.05) is 49.0 Å². The van der Waals surface area contributed by atoms with Crippen LogP contribution in [0.25, 0.3) is 27.5 Å². The SMILES string of the molecule is COc1ccc2c(c1C)c1c(N)c(C(N)=O)[n+]3cc(C)n4ccn2c4c13. The van der Waals surface area contributed by atoms with Gasteiger partial charge < -0.3 is 16.2 Å². The first kappa shape index (κ1) is 14.8. The van der Waals surface area contributed by atoms with E-state index in [1.54, 1.807) is 7.11 Å². The highest BCUT2D eigenvalue weighted by atomic mass is 16.5. The molecule has 0 spiro atoms. The summed E-state index contributed by atoms with van der Waals surface area (Å²) in [5.41, 5.74) is 17.6. The molecule has 7 nitrogen and oxygen atoms in total. The number of methoxy groups -OCH3 is 1. The van der Waals surface area contributed by atoms with Crippen LogP contribution >= 0.6 is 0 Å². The zero-order valence-electron chi connectivity index (χ0n) is 14.7. The van der Waals surface area contributed by atoms with Gasteiger partial charge in [0, 0.05) is 23.3 Å². The maximum Gasteiger partial charge on any atom is 0.316 e. The standard InChI is InChI=1S/C19H17N5O2/c1-9-8-24-16-14(15(20)17(24)18(21)25)13-10(2)12(26-3)5-4-11(13)23-7-6-22(9)19(16)23/h4-8H,1-3H3,(H3-,20,21,25)/p+1. The van der Waals surface area contributed by atoms with Crippen LogP contribution in [-0.2, 0) is 0 Å². The maximum absolute atomic E-state index is 12.2. The fraction of sp³-hybridized carbons (Fsp3) is 0.158. The molecule has 1 amide bonds. The number of rotatable bonds is 2. The molecule has 0 radical (unpaired) electrons. The number of carbonyl (C=O) groups excluding carboxylic acids is 1. The summed E-state index contributed by atoms with van der Waals surface area (Å²) in [4.78, 5) is 12.2. The van der Waals surface area contributed by atoms with E-state index in [4.69, 9.17) is 16.2 Å². The number of aryl methyl sites for hydroxylation is 2. The molecule has 0 aliphatic heterocycles. The summed E-state index contributed by atoms with van der Waals surface area (Å²) in [5.74, 6) is 0.226. The summed E-state index contributed by atoms with van der Waals surface area (Å²) in [6.07, 6.45) is 5.92. The Labute approximate surface area is 148 Å². The molecule has 26 heavy (non-hydrogen) atoms. The number of nitrogens with two attached hydrogens (primary N) is 2. The van der Waals surface area contributed by atoms with Crippen molar-refractivity contribution in [3.8, 4) is 5.75 Å². The number of ether oxygens (including phenoxy) is 1. The fourth-order valence-corrected chi connectivity index (χ4v) is 4.22. The van der Waals surface area contributed by atoms with Crippen molar-refractivity contribution in [2.24, 2.45) is 5.73 Å². The number of pyridine rings is 1. The summed E-state index contributed by atoms with van der Waals surface area (Å²) < 4.78 is 11.5. The van der Waals surface area contributed by atoms with Crippen LogP contribution in [0.2, 0.25) is 0 Å². The van der Waals surface area contributed by atoms with Gasteiger partial charge in [-0.1, -0.05) is 0 Å². The van der Waals surface area contributed by atoms with Crippen LogP contribution in [0, 0.1) is 13.8 Å². The summed E-state index contributed by atoms with van der Waals surface area (Å²) in [6.45, 7) is 3.98. The molecule has 5 rings (SSSR count). The lowest BCUT2D eigenvalue weighted by atomic mass is 10.0. The summed E-state index contributed by atoms with van der Waals surface area (Å²) >= 11 is 0. The van der Waals surface area contributed by atoms with Crippen LogP contribution in [0.5, 0.6) is 5.75 Å². The zero-order chi connectivity index (χ0) is 18.3. The van der Waals surface area contributed by atoms with Crippen molar-refractivity contribution in [3.05, 3.63) is 47.7 Å². The van der Waals surface area contributed by atoms with Gasteiger partial charge in [0.25, 0.3) is 11.2 Å². The first-order valence-electron chi connectivity index (χ1n) is 8.29. The Hall–Kier alpha value is -3.48. The largest absolute Gasteiger partial charge is 0.496 e. The van der Waals surface area contributed by atoms with Crippen LogP contribution in [0.1, 0.15) is 21.7 Å². The summed E-state index contributed by atoms with van der Waals surface area (Å²) in [6, 6.07) is 3.96. The van der Waals surface area contributed by atoms with E-state index >= 15 is 0 Å². The number of benzene rings is 1. The van der Waals surface area contributed by atoms with Gasteiger partial charge in [-0.2, -0.15) is 0 Å². The van der Waals surface area contributed by atoms with Gasteiger partial charge in [-0.25, -0.2) is 0 Å². The molecule has 0 aliphatic carbocycles. The normalized spacial score (nSPS) is 12.1. The number of imidazole rings is 1. The van der Waals surface area contributed by atoms with Gasteiger partial charge in [0.1, 0.15) is 11.4 Å². The molecule has 4 heterocycles. The average molecular weight is 348 g/mol. The van der Waals surface area contributed by atoms with E-state index in [9.17, 15) is 4.79 Å². The van der Waals surface area contributed by atoms with Crippen molar-refractivity contribution >= 4 is 39.0 Å². The fourth-order valence-electron chi connectivity index (χ4n) is 4.22. The maximum atomic E-state index is 12.2. The number of nitrogens with zero attached hydrogens (tertiary/aromatic N) is 3. The van der Waals surface area contributed by atoms with Crippen LogP contribution < -0.4 is 20.6 Å². The summed E-state index contributed by atoms with van der Waals surface area (Å²) in [5, 5.41) is 1.79. The Kier molecular flexibility index (Phi) is 2.61. The van der Waals surface area contributed by atoms with E-state index in [1.165, 1.54) is 0 Å². The van der Waals surface area contributed by atoms with Crippen molar-refractivity contribution in [2.75, 3.05) is 12.8 Å². The first-order valence-corrected chi connectivity index (χ1v) is 8.29. The second kappa shape index (κ2) is 4.57.